The van der Waals surface area contributed by atoms with E-state index >= 15 is 0 Å². The minimum atomic E-state index is -1.19. The number of hydrogen-bond donors (Lipinski definition) is 4. The molecule has 0 spiro atoms. The Hall–Kier alpha value is -4.53. The topological polar surface area (TPSA) is 183 Å². The number of alkyl halides is 1. The largest absolute Gasteiger partial charge is 0.508 e. The van der Waals surface area contributed by atoms with Crippen LogP contribution in [0.3, 0.4) is 0 Å². The maximum absolute atomic E-state index is 13.1. The van der Waals surface area contributed by atoms with Crippen LogP contribution in [0, 0.1) is 0 Å². The number of amides is 2. The molecule has 0 bridgehead atoms. The molecular formula is C43H57ClN2O11. The molecule has 1 heterocycles. The summed E-state index contributed by atoms with van der Waals surface area (Å²) in [5, 5.41) is 26.3. The molecular weight excluding hydrogens is 756 g/mol. The molecule has 1 aliphatic carbocycles. The Labute approximate surface area is 339 Å². The van der Waals surface area contributed by atoms with Gasteiger partial charge >= 0.3 is 5.97 Å². The molecule has 57 heavy (non-hydrogen) atoms. The summed E-state index contributed by atoms with van der Waals surface area (Å²) in [5.74, 6) is -0.759. The van der Waals surface area contributed by atoms with Crippen LogP contribution in [-0.2, 0) is 23.7 Å². The van der Waals surface area contributed by atoms with Crippen molar-refractivity contribution >= 4 is 40.4 Å². The molecule has 0 radical (unpaired) electrons. The van der Waals surface area contributed by atoms with Crippen LogP contribution in [0.2, 0.25) is 0 Å². The molecule has 1 aliphatic heterocycles. The van der Waals surface area contributed by atoms with Crippen molar-refractivity contribution in [1.29, 1.82) is 0 Å². The minimum absolute atomic E-state index is 0.0383. The predicted molar refractivity (Wildman–Crippen MR) is 221 cm³/mol. The molecule has 2 aromatic carbocycles. The Kier molecular flexibility index (Phi) is 22.3. The van der Waals surface area contributed by atoms with Crippen molar-refractivity contribution in [2.45, 2.75) is 64.7 Å². The molecule has 2 aromatic rings. The number of hydrogen-bond acceptors (Lipinski definition) is 10. The van der Waals surface area contributed by atoms with Gasteiger partial charge in [0.1, 0.15) is 17.1 Å². The van der Waals surface area contributed by atoms with Crippen molar-refractivity contribution in [1.82, 2.24) is 10.6 Å². The summed E-state index contributed by atoms with van der Waals surface area (Å²) in [5.41, 5.74) is 1.39. The van der Waals surface area contributed by atoms with Gasteiger partial charge in [0, 0.05) is 79.9 Å². The second-order valence-electron chi connectivity index (χ2n) is 13.2. The molecule has 312 valence electrons. The lowest BCUT2D eigenvalue weighted by atomic mass is 9.89. The molecule has 0 atom stereocenters. The zero-order chi connectivity index (χ0) is 41.3. The highest BCUT2D eigenvalue weighted by atomic mass is 35.5. The summed E-state index contributed by atoms with van der Waals surface area (Å²) in [6, 6.07) is 13.0. The quantitative estimate of drug-likeness (QED) is 0.0284. The number of phenols is 1. The number of carbonyl (C=O) groups excluding carboxylic acids is 2. The number of halogens is 1. The highest BCUT2D eigenvalue weighted by Gasteiger charge is 2.23. The van der Waals surface area contributed by atoms with Crippen LogP contribution in [0.5, 0.6) is 5.75 Å². The van der Waals surface area contributed by atoms with Gasteiger partial charge < -0.3 is 44.2 Å². The van der Waals surface area contributed by atoms with Gasteiger partial charge in [0.15, 0.2) is 5.43 Å². The highest BCUT2D eigenvalue weighted by Crippen LogP contribution is 2.42. The number of fused-ring (bicyclic) bond motifs is 2. The van der Waals surface area contributed by atoms with Crippen LogP contribution in [-0.4, -0.2) is 100 Å². The maximum atomic E-state index is 13.1. The van der Waals surface area contributed by atoms with Gasteiger partial charge in [0.05, 0.1) is 38.6 Å². The fourth-order valence-corrected chi connectivity index (χ4v) is 6.02. The van der Waals surface area contributed by atoms with Gasteiger partial charge in [-0.1, -0.05) is 26.2 Å². The van der Waals surface area contributed by atoms with E-state index < -0.39 is 5.97 Å². The van der Waals surface area contributed by atoms with Crippen LogP contribution in [0.4, 0.5) is 0 Å². The summed E-state index contributed by atoms with van der Waals surface area (Å²) in [7, 11) is 1.68. The second kappa shape index (κ2) is 27.2. The minimum Gasteiger partial charge on any atom is -0.508 e. The molecule has 0 aromatic heterocycles. The van der Waals surface area contributed by atoms with Crippen LogP contribution >= 0.6 is 11.6 Å². The molecule has 2 amide bonds. The third-order valence-electron chi connectivity index (χ3n) is 8.72. The van der Waals surface area contributed by atoms with E-state index in [0.29, 0.717) is 87.8 Å². The van der Waals surface area contributed by atoms with Crippen molar-refractivity contribution in [2.24, 2.45) is 0 Å². The number of aromatic carboxylic acids is 1. The summed E-state index contributed by atoms with van der Waals surface area (Å²) < 4.78 is 26.8. The van der Waals surface area contributed by atoms with E-state index in [-0.39, 0.29) is 51.0 Å². The molecule has 0 fully saturated rings. The third-order valence-corrected chi connectivity index (χ3v) is 8.98. The van der Waals surface area contributed by atoms with Crippen LogP contribution in [0.15, 0.2) is 63.8 Å². The number of methoxy groups -OCH3 is 1. The van der Waals surface area contributed by atoms with E-state index in [0.717, 1.165) is 51.7 Å². The summed E-state index contributed by atoms with van der Waals surface area (Å²) >= 11 is 5.66. The first-order valence-electron chi connectivity index (χ1n) is 19.6. The summed E-state index contributed by atoms with van der Waals surface area (Å²) in [4.78, 5) is 49.6. The lowest BCUT2D eigenvalue weighted by Gasteiger charge is -2.17. The van der Waals surface area contributed by atoms with Gasteiger partial charge in [0.2, 0.25) is 5.91 Å². The van der Waals surface area contributed by atoms with Crippen molar-refractivity contribution in [3.05, 3.63) is 75.9 Å². The fourth-order valence-electron chi connectivity index (χ4n) is 5.83. The van der Waals surface area contributed by atoms with Gasteiger partial charge in [0.25, 0.3) is 5.91 Å². The highest BCUT2D eigenvalue weighted by molar-refractivity contribution is 6.17. The average molecular weight is 813 g/mol. The number of carboxylic acid groups (broad SMARTS) is 1. The number of rotatable bonds is 26. The summed E-state index contributed by atoms with van der Waals surface area (Å²) in [6.45, 7) is 7.33. The van der Waals surface area contributed by atoms with E-state index in [9.17, 15) is 29.4 Å². The third kappa shape index (κ3) is 16.8. The van der Waals surface area contributed by atoms with Crippen LogP contribution < -0.4 is 16.1 Å². The molecule has 4 rings (SSSR count). The normalized spacial score (nSPS) is 11.0. The molecule has 13 nitrogen and oxygen atoms in total. The SMILES string of the molecule is CCCOCCOC.O=C(CCCCCNC(=O)c1ccc(C(=O)O)c(-c2c3ccc(=O)cc-3oc3cc(O)ccc23)c1)NCCOCCOCCCCCCCl. The average Bonchev–Trinajstić information content (AvgIpc) is 3.20. The number of carbonyl (C=O) groups is 3. The molecule has 2 aliphatic rings. The van der Waals surface area contributed by atoms with Gasteiger partial charge in [-0.25, -0.2) is 4.79 Å². The second-order valence-corrected chi connectivity index (χ2v) is 13.6. The van der Waals surface area contributed by atoms with Crippen LogP contribution in [0.1, 0.15) is 85.4 Å². The smallest absolute Gasteiger partial charge is 0.336 e. The van der Waals surface area contributed by atoms with Crippen LogP contribution in [0.25, 0.3) is 33.4 Å². The van der Waals surface area contributed by atoms with E-state index in [1.54, 1.807) is 19.2 Å². The molecule has 14 heteroatoms. The summed E-state index contributed by atoms with van der Waals surface area (Å²) in [6.07, 6.45) is 7.81. The Balaban J connectivity index is 0.000000980. The monoisotopic (exact) mass is 812 g/mol. The standard InChI is InChI=1S/C37H43ClN2O9.C6H14O2/c38-15-5-1-2-7-18-47-20-21-48-19-17-39-34(43)8-4-3-6-16-40-36(44)25-9-12-28(37(45)46)31(22-25)35-29-13-10-26(41)23-32(29)49-33-24-27(42)11-14-30(33)35;1-3-4-8-6-5-7-2/h9-14,22-24,41H,1-8,15-21H2,(H,39,43)(H,40,44)(H,45,46);3-6H2,1-2H3. The van der Waals surface area contributed by atoms with E-state index in [1.807, 2.05) is 0 Å². The van der Waals surface area contributed by atoms with Crippen molar-refractivity contribution in [3.63, 3.8) is 0 Å². The van der Waals surface area contributed by atoms with Gasteiger partial charge in [-0.2, -0.15) is 0 Å². The number of benzene rings is 3. The predicted octanol–water partition coefficient (Wildman–Crippen LogP) is 7.27. The zero-order valence-electron chi connectivity index (χ0n) is 33.1. The molecule has 4 N–H and O–H groups in total. The number of carboxylic acids is 1. The lowest BCUT2D eigenvalue weighted by Crippen LogP contribution is -2.27. The van der Waals surface area contributed by atoms with Crippen molar-refractivity contribution in [3.8, 4) is 28.2 Å². The Morgan fingerprint density at radius 3 is 2.23 bits per heavy atom. The number of ether oxygens (including phenoxy) is 4. The van der Waals surface area contributed by atoms with E-state index in [1.165, 1.54) is 42.5 Å². The van der Waals surface area contributed by atoms with Gasteiger partial charge in [-0.15, -0.1) is 11.6 Å². The Morgan fingerprint density at radius 2 is 1.47 bits per heavy atom. The molecule has 0 saturated heterocycles. The number of phenolic OH excluding ortho intramolecular Hbond substituents is 1. The first kappa shape index (κ1) is 46.8. The van der Waals surface area contributed by atoms with E-state index in [4.69, 9.17) is 35.0 Å². The lowest BCUT2D eigenvalue weighted by molar-refractivity contribution is -0.121. The molecule has 0 unspecified atom stereocenters. The maximum Gasteiger partial charge on any atom is 0.336 e. The van der Waals surface area contributed by atoms with Gasteiger partial charge in [-0.05, 0) is 80.1 Å². The fraction of sp³-hybridized carbons (Fsp3) is 0.488. The van der Waals surface area contributed by atoms with Crippen molar-refractivity contribution in [2.75, 3.05) is 72.3 Å². The Morgan fingerprint density at radius 1 is 0.737 bits per heavy atom. The Bertz CT molecular complexity index is 1840. The number of unbranched alkanes of at least 4 members (excludes halogenated alkanes) is 5. The molecule has 0 saturated carbocycles. The number of nitrogens with one attached hydrogen (secondary N) is 2. The first-order chi connectivity index (χ1) is 27.7. The van der Waals surface area contributed by atoms with Crippen molar-refractivity contribution < 1.29 is 48.0 Å². The van der Waals surface area contributed by atoms with E-state index in [2.05, 4.69) is 17.6 Å². The van der Waals surface area contributed by atoms with Gasteiger partial charge in [-0.3, -0.25) is 14.4 Å². The zero-order valence-corrected chi connectivity index (χ0v) is 33.8. The first-order valence-corrected chi connectivity index (χ1v) is 20.1. The number of aromatic hydroxyl groups is 1.